The molecule has 0 saturated heterocycles. The van der Waals surface area contributed by atoms with E-state index in [9.17, 15) is 9.46 Å². The molecule has 0 spiro atoms. The molecule has 0 bridgehead atoms. The molecule has 6 nitrogen and oxygen atoms in total. The standard InChI is InChI=1S/C46H86NO5P/c1-37(2)22-21-23-38(3)42-26-27-43-41-25-24-39-36-40(28-30-45(39,4)44(41)29-31-46(42,43)5)50-33-19-17-15-13-11-9-10-12-14-16-18-20-34-51-53(48,49)52-35-32-47(6,7)8/h24,37-38,40-44H,9-23,25-36H2,1-8H3/t38-,40+,41+,42-,43+,44+,45+,46-/m1/s1. The van der Waals surface area contributed by atoms with Crippen molar-refractivity contribution in [2.24, 2.45) is 46.3 Å². The lowest BCUT2D eigenvalue weighted by molar-refractivity contribution is -0.870. The van der Waals surface area contributed by atoms with Crippen LogP contribution in [0.5, 0.6) is 0 Å². The van der Waals surface area contributed by atoms with Crippen molar-refractivity contribution in [2.45, 2.75) is 188 Å². The maximum atomic E-state index is 11.8. The number of ether oxygens (including phenoxy) is 1. The zero-order valence-corrected chi connectivity index (χ0v) is 37.0. The summed E-state index contributed by atoms with van der Waals surface area (Å²) < 4.78 is 29.0. The van der Waals surface area contributed by atoms with Crippen LogP contribution in [0.4, 0.5) is 0 Å². The van der Waals surface area contributed by atoms with Gasteiger partial charge in [-0.25, -0.2) is 0 Å². The predicted molar refractivity (Wildman–Crippen MR) is 221 cm³/mol. The second kappa shape index (κ2) is 21.5. The van der Waals surface area contributed by atoms with Gasteiger partial charge in [-0.05, 0) is 111 Å². The van der Waals surface area contributed by atoms with Gasteiger partial charge in [-0.2, -0.15) is 0 Å². The fraction of sp³-hybridized carbons (Fsp3) is 0.957. The number of hydrogen-bond donors (Lipinski definition) is 0. The minimum absolute atomic E-state index is 0.164. The maximum absolute atomic E-state index is 11.8. The van der Waals surface area contributed by atoms with Gasteiger partial charge in [-0.15, -0.1) is 0 Å². The SMILES string of the molecule is CC(C)CCC[C@@H](C)[C@H]1CC[C@H]2[C@@H]3CC=C4C[C@@H](OCCCCCCCCCCCCCCOP(=O)([O-])OCC[N+](C)(C)C)CC[C@]4(C)[C@H]3CC[C@]12C. The zero-order chi connectivity index (χ0) is 38.5. The van der Waals surface area contributed by atoms with Crippen LogP contribution in [-0.4, -0.2) is 58.1 Å². The Kier molecular flexibility index (Phi) is 18.5. The lowest BCUT2D eigenvalue weighted by Crippen LogP contribution is -2.51. The second-order valence-corrected chi connectivity index (χ2v) is 21.8. The van der Waals surface area contributed by atoms with E-state index in [-0.39, 0.29) is 13.2 Å². The number of hydrogen-bond acceptors (Lipinski definition) is 5. The molecule has 0 aliphatic heterocycles. The normalized spacial score (nSPS) is 31.8. The Morgan fingerprint density at radius 3 is 1.98 bits per heavy atom. The third-order valence-corrected chi connectivity index (χ3v) is 15.9. The van der Waals surface area contributed by atoms with Crippen molar-refractivity contribution in [2.75, 3.05) is 47.5 Å². The summed E-state index contributed by atoms with van der Waals surface area (Å²) in [6.45, 7) is 14.7. The Morgan fingerprint density at radius 2 is 1.36 bits per heavy atom. The topological polar surface area (TPSA) is 67.8 Å². The Labute approximate surface area is 328 Å². The second-order valence-electron chi connectivity index (χ2n) is 20.4. The molecule has 3 saturated carbocycles. The van der Waals surface area contributed by atoms with Crippen molar-refractivity contribution in [3.63, 3.8) is 0 Å². The van der Waals surface area contributed by atoms with E-state index >= 15 is 0 Å². The first-order chi connectivity index (χ1) is 25.1. The fourth-order valence-electron chi connectivity index (χ4n) is 11.7. The molecule has 4 aliphatic rings. The predicted octanol–water partition coefficient (Wildman–Crippen LogP) is 12.3. The largest absolute Gasteiger partial charge is 0.756 e. The maximum Gasteiger partial charge on any atom is 0.268 e. The highest BCUT2D eigenvalue weighted by Gasteiger charge is 2.59. The number of fused-ring (bicyclic) bond motifs is 5. The number of nitrogens with zero attached hydrogens (tertiary/aromatic N) is 1. The van der Waals surface area contributed by atoms with Gasteiger partial charge in [0.05, 0.1) is 33.9 Å². The molecule has 3 fully saturated rings. The van der Waals surface area contributed by atoms with Gasteiger partial charge in [0.1, 0.15) is 13.2 Å². The Hall–Kier alpha value is -0.230. The van der Waals surface area contributed by atoms with Crippen LogP contribution >= 0.6 is 7.82 Å². The van der Waals surface area contributed by atoms with Crippen molar-refractivity contribution < 1.29 is 27.7 Å². The molecule has 0 aromatic heterocycles. The number of quaternary nitrogens is 1. The van der Waals surface area contributed by atoms with E-state index in [1.807, 2.05) is 21.1 Å². The van der Waals surface area contributed by atoms with Crippen molar-refractivity contribution in [3.05, 3.63) is 11.6 Å². The van der Waals surface area contributed by atoms with Crippen LogP contribution in [0.25, 0.3) is 0 Å². The molecule has 0 aromatic carbocycles. The van der Waals surface area contributed by atoms with Crippen LogP contribution < -0.4 is 4.89 Å². The summed E-state index contributed by atoms with van der Waals surface area (Å²) in [6.07, 6.45) is 33.1. The summed E-state index contributed by atoms with van der Waals surface area (Å²) in [5.74, 6) is 5.45. The molecule has 4 aliphatic carbocycles. The summed E-state index contributed by atoms with van der Waals surface area (Å²) in [4.78, 5) is 11.8. The molecular formula is C46H86NO5P. The third kappa shape index (κ3) is 14.0. The molecule has 0 heterocycles. The molecule has 53 heavy (non-hydrogen) atoms. The molecule has 0 amide bonds. The minimum atomic E-state index is -4.16. The Morgan fingerprint density at radius 1 is 0.755 bits per heavy atom. The van der Waals surface area contributed by atoms with E-state index in [2.05, 4.69) is 40.7 Å². The van der Waals surface area contributed by atoms with Crippen molar-refractivity contribution in [1.82, 2.24) is 0 Å². The molecule has 0 radical (unpaired) electrons. The van der Waals surface area contributed by atoms with E-state index in [4.69, 9.17) is 13.8 Å². The molecule has 0 aromatic rings. The average Bonchev–Trinajstić information content (AvgIpc) is 3.44. The van der Waals surface area contributed by atoms with Gasteiger partial charge in [0, 0.05) is 6.61 Å². The molecule has 0 N–H and O–H groups in total. The average molecular weight is 764 g/mol. The molecule has 310 valence electrons. The van der Waals surface area contributed by atoms with Crippen LogP contribution in [0.2, 0.25) is 0 Å². The molecule has 4 rings (SSSR count). The number of phosphoric ester groups is 1. The zero-order valence-electron chi connectivity index (χ0n) is 36.1. The smallest absolute Gasteiger partial charge is 0.268 e. The van der Waals surface area contributed by atoms with Crippen LogP contribution in [0.1, 0.15) is 182 Å². The molecular weight excluding hydrogens is 677 g/mol. The molecule has 1 unspecified atom stereocenters. The first kappa shape index (κ1) is 45.5. The van der Waals surface area contributed by atoms with Crippen LogP contribution in [-0.2, 0) is 18.3 Å². The van der Waals surface area contributed by atoms with Crippen LogP contribution in [0, 0.1) is 46.3 Å². The summed E-state index contributed by atoms with van der Waals surface area (Å²) in [5, 5.41) is 0. The minimum Gasteiger partial charge on any atom is -0.756 e. The quantitative estimate of drug-likeness (QED) is 0.0380. The first-order valence-corrected chi connectivity index (χ1v) is 24.3. The number of phosphoric acid groups is 1. The first-order valence-electron chi connectivity index (χ1n) is 22.9. The molecule has 7 heteroatoms. The van der Waals surface area contributed by atoms with Crippen LogP contribution in [0.3, 0.4) is 0 Å². The van der Waals surface area contributed by atoms with E-state index in [0.29, 0.717) is 28.0 Å². The monoisotopic (exact) mass is 764 g/mol. The van der Waals surface area contributed by atoms with Gasteiger partial charge < -0.3 is 23.2 Å². The van der Waals surface area contributed by atoms with Gasteiger partial charge in [-0.1, -0.05) is 130 Å². The van der Waals surface area contributed by atoms with Gasteiger partial charge in [-0.3, -0.25) is 4.57 Å². The Bertz CT molecular complexity index is 1140. The van der Waals surface area contributed by atoms with Crippen molar-refractivity contribution >= 4 is 7.82 Å². The third-order valence-electron chi connectivity index (χ3n) is 14.9. The lowest BCUT2D eigenvalue weighted by Gasteiger charge is -2.58. The van der Waals surface area contributed by atoms with Gasteiger partial charge in [0.2, 0.25) is 0 Å². The number of unbranched alkanes of at least 4 members (excludes halogenated alkanes) is 11. The Balaban J connectivity index is 1.00. The molecule has 9 atom stereocenters. The van der Waals surface area contributed by atoms with E-state index < -0.39 is 7.82 Å². The van der Waals surface area contributed by atoms with Gasteiger partial charge in [0.15, 0.2) is 0 Å². The van der Waals surface area contributed by atoms with E-state index in [1.165, 1.54) is 128 Å². The lowest BCUT2D eigenvalue weighted by atomic mass is 9.47. The van der Waals surface area contributed by atoms with Gasteiger partial charge >= 0.3 is 0 Å². The summed E-state index contributed by atoms with van der Waals surface area (Å²) >= 11 is 0. The van der Waals surface area contributed by atoms with E-state index in [0.717, 1.165) is 61.4 Å². The number of rotatable bonds is 26. The highest BCUT2D eigenvalue weighted by Crippen LogP contribution is 2.67. The van der Waals surface area contributed by atoms with Crippen LogP contribution in [0.15, 0.2) is 11.6 Å². The highest BCUT2D eigenvalue weighted by molar-refractivity contribution is 7.45. The summed E-state index contributed by atoms with van der Waals surface area (Å²) in [5.41, 5.74) is 2.77. The highest BCUT2D eigenvalue weighted by atomic mass is 31.2. The summed E-state index contributed by atoms with van der Waals surface area (Å²) in [7, 11) is 1.85. The summed E-state index contributed by atoms with van der Waals surface area (Å²) in [6, 6.07) is 0. The van der Waals surface area contributed by atoms with Crippen molar-refractivity contribution in [3.8, 4) is 0 Å². The fourth-order valence-corrected chi connectivity index (χ4v) is 12.4. The van der Waals surface area contributed by atoms with Gasteiger partial charge in [0.25, 0.3) is 7.82 Å². The number of allylic oxidation sites excluding steroid dienone is 1. The van der Waals surface area contributed by atoms with Crippen molar-refractivity contribution in [1.29, 1.82) is 0 Å². The number of likely N-dealkylation sites (N-methyl/N-ethyl adjacent to an activating group) is 1. The van der Waals surface area contributed by atoms with E-state index in [1.54, 1.807) is 5.57 Å².